The van der Waals surface area contributed by atoms with Crippen LogP contribution in [-0.4, -0.2) is 30.9 Å². The Balaban J connectivity index is 2.14. The lowest BCUT2D eigenvalue weighted by Gasteiger charge is -2.48. The number of hydrogen-bond donors (Lipinski definition) is 1. The Labute approximate surface area is 135 Å². The summed E-state index contributed by atoms with van der Waals surface area (Å²) >= 11 is 3.24. The molecular formula is C14H15BrF2N2O2S. The molecule has 1 aromatic rings. The largest absolute Gasteiger partial charge is 0.386 e. The number of nitrogens with two attached hydrogens (primary N) is 1. The van der Waals surface area contributed by atoms with E-state index < -0.39 is 32.1 Å². The SMILES string of the molecule is C[C@@]1(c2cc(Br)ccc2F)CS(=O)(=O)[C@]2(C[C@H](F)C2)C(N)=N1. The van der Waals surface area contributed by atoms with Gasteiger partial charge in [-0.3, -0.25) is 4.99 Å². The molecule has 1 aliphatic carbocycles. The van der Waals surface area contributed by atoms with E-state index in [4.69, 9.17) is 5.73 Å². The molecule has 8 heteroatoms. The summed E-state index contributed by atoms with van der Waals surface area (Å²) in [6.07, 6.45) is -1.51. The fraction of sp³-hybridized carbons (Fsp3) is 0.500. The molecule has 1 heterocycles. The number of hydrogen-bond acceptors (Lipinski definition) is 4. The first-order valence-electron chi connectivity index (χ1n) is 6.77. The third-order valence-electron chi connectivity index (χ3n) is 4.51. The summed E-state index contributed by atoms with van der Waals surface area (Å²) in [5, 5.41) is 0. The minimum atomic E-state index is -3.73. The van der Waals surface area contributed by atoms with E-state index >= 15 is 0 Å². The number of aliphatic imine (C=N–C) groups is 1. The van der Waals surface area contributed by atoms with Crippen LogP contribution in [-0.2, 0) is 15.4 Å². The second-order valence-corrected chi connectivity index (χ2v) is 9.37. The van der Waals surface area contributed by atoms with Gasteiger partial charge in [-0.15, -0.1) is 0 Å². The molecule has 1 fully saturated rings. The topological polar surface area (TPSA) is 72.5 Å². The van der Waals surface area contributed by atoms with Crippen molar-refractivity contribution in [2.45, 2.75) is 36.2 Å². The number of halogens is 3. The zero-order chi connectivity index (χ0) is 16.3. The molecule has 1 aromatic carbocycles. The van der Waals surface area contributed by atoms with Crippen LogP contribution >= 0.6 is 15.9 Å². The number of sulfone groups is 1. The quantitative estimate of drug-likeness (QED) is 0.797. The number of rotatable bonds is 1. The Bertz CT molecular complexity index is 775. The van der Waals surface area contributed by atoms with Gasteiger partial charge < -0.3 is 5.73 Å². The van der Waals surface area contributed by atoms with Gasteiger partial charge in [0.25, 0.3) is 0 Å². The molecule has 0 radical (unpaired) electrons. The van der Waals surface area contributed by atoms with E-state index in [0.29, 0.717) is 4.47 Å². The normalized spacial score (nSPS) is 36.7. The Morgan fingerprint density at radius 2 is 2.05 bits per heavy atom. The predicted molar refractivity (Wildman–Crippen MR) is 83.7 cm³/mol. The summed E-state index contributed by atoms with van der Waals surface area (Å²) in [6, 6.07) is 4.26. The fourth-order valence-corrected chi connectivity index (χ4v) is 6.07. The van der Waals surface area contributed by atoms with Gasteiger partial charge in [0.1, 0.15) is 28.1 Å². The zero-order valence-electron chi connectivity index (χ0n) is 11.8. The highest BCUT2D eigenvalue weighted by atomic mass is 79.9. The summed E-state index contributed by atoms with van der Waals surface area (Å²) in [5.74, 6) is -1.05. The summed E-state index contributed by atoms with van der Waals surface area (Å²) < 4.78 is 51.9. The molecular weight excluding hydrogens is 378 g/mol. The molecule has 2 N–H and O–H groups in total. The van der Waals surface area contributed by atoms with Gasteiger partial charge in [-0.2, -0.15) is 0 Å². The minimum Gasteiger partial charge on any atom is -0.386 e. The Hall–Kier alpha value is -1.02. The van der Waals surface area contributed by atoms with E-state index in [0.717, 1.165) is 0 Å². The Kier molecular flexibility index (Phi) is 3.41. The van der Waals surface area contributed by atoms with Gasteiger partial charge in [-0.05, 0) is 25.1 Å². The number of alkyl halides is 1. The lowest BCUT2D eigenvalue weighted by atomic mass is 9.80. The van der Waals surface area contributed by atoms with Crippen LogP contribution in [0.25, 0.3) is 0 Å². The molecule has 1 spiro atoms. The van der Waals surface area contributed by atoms with E-state index in [1.807, 2.05) is 0 Å². The average molecular weight is 393 g/mol. The predicted octanol–water partition coefficient (Wildman–Crippen LogP) is 2.46. The lowest BCUT2D eigenvalue weighted by Crippen LogP contribution is -2.65. The van der Waals surface area contributed by atoms with Crippen molar-refractivity contribution in [1.29, 1.82) is 0 Å². The van der Waals surface area contributed by atoms with Crippen molar-refractivity contribution in [2.75, 3.05) is 5.75 Å². The summed E-state index contributed by atoms with van der Waals surface area (Å²) in [5.41, 5.74) is 4.72. The van der Waals surface area contributed by atoms with E-state index in [2.05, 4.69) is 20.9 Å². The third-order valence-corrected chi connectivity index (χ3v) is 7.68. The highest BCUT2D eigenvalue weighted by Gasteiger charge is 2.61. The van der Waals surface area contributed by atoms with Crippen molar-refractivity contribution in [3.8, 4) is 0 Å². The molecule has 0 saturated heterocycles. The zero-order valence-corrected chi connectivity index (χ0v) is 14.2. The molecule has 0 aromatic heterocycles. The van der Waals surface area contributed by atoms with Crippen LogP contribution < -0.4 is 5.73 Å². The van der Waals surface area contributed by atoms with Crippen molar-refractivity contribution < 1.29 is 17.2 Å². The van der Waals surface area contributed by atoms with Crippen molar-refractivity contribution in [3.05, 3.63) is 34.1 Å². The van der Waals surface area contributed by atoms with Crippen LogP contribution in [0, 0.1) is 5.82 Å². The van der Waals surface area contributed by atoms with Gasteiger partial charge in [0.15, 0.2) is 9.84 Å². The maximum Gasteiger partial charge on any atom is 0.166 e. The second kappa shape index (κ2) is 4.74. The first kappa shape index (κ1) is 15.9. The number of amidine groups is 1. The monoisotopic (exact) mass is 392 g/mol. The smallest absolute Gasteiger partial charge is 0.166 e. The van der Waals surface area contributed by atoms with Gasteiger partial charge in [0, 0.05) is 22.9 Å². The number of benzene rings is 1. The molecule has 3 rings (SSSR count). The molecule has 2 aliphatic rings. The van der Waals surface area contributed by atoms with Crippen LogP contribution in [0.1, 0.15) is 25.3 Å². The summed E-state index contributed by atoms with van der Waals surface area (Å²) in [6.45, 7) is 1.53. The fourth-order valence-electron chi connectivity index (χ4n) is 3.23. The van der Waals surface area contributed by atoms with Gasteiger partial charge in [-0.25, -0.2) is 17.2 Å². The standard InChI is InChI=1S/C14H15BrF2N2O2S/c1-13(10-4-8(15)2-3-11(10)17)7-22(20,21)14(12(18)19-13)5-9(16)6-14/h2-4,9H,5-7H2,1H3,(H2,18,19)/t9-,13-,14-/m0/s1. The van der Waals surface area contributed by atoms with E-state index in [9.17, 15) is 17.2 Å². The van der Waals surface area contributed by atoms with Crippen LogP contribution in [0.2, 0.25) is 0 Å². The van der Waals surface area contributed by atoms with Crippen molar-refractivity contribution >= 4 is 31.6 Å². The minimum absolute atomic E-state index is 0.116. The maximum atomic E-state index is 14.1. The Morgan fingerprint density at radius 1 is 1.41 bits per heavy atom. The maximum absolute atomic E-state index is 14.1. The average Bonchev–Trinajstić information content (AvgIpc) is 2.35. The molecule has 1 aliphatic heterocycles. The summed E-state index contributed by atoms with van der Waals surface area (Å²) in [4.78, 5) is 4.28. The highest BCUT2D eigenvalue weighted by Crippen LogP contribution is 2.48. The Morgan fingerprint density at radius 3 is 2.59 bits per heavy atom. The van der Waals surface area contributed by atoms with Crippen LogP contribution in [0.5, 0.6) is 0 Å². The molecule has 4 nitrogen and oxygen atoms in total. The van der Waals surface area contributed by atoms with Gasteiger partial charge in [0.05, 0.1) is 5.75 Å². The molecule has 0 bridgehead atoms. The van der Waals surface area contributed by atoms with E-state index in [1.165, 1.54) is 25.1 Å². The number of nitrogens with zero attached hydrogens (tertiary/aromatic N) is 1. The van der Waals surface area contributed by atoms with Gasteiger partial charge in [-0.1, -0.05) is 15.9 Å². The third kappa shape index (κ3) is 2.11. The molecule has 0 amide bonds. The lowest BCUT2D eigenvalue weighted by molar-refractivity contribution is 0.182. The second-order valence-electron chi connectivity index (χ2n) is 6.15. The van der Waals surface area contributed by atoms with Crippen molar-refractivity contribution in [1.82, 2.24) is 0 Å². The van der Waals surface area contributed by atoms with E-state index in [-0.39, 0.29) is 30.0 Å². The van der Waals surface area contributed by atoms with Crippen molar-refractivity contribution in [2.24, 2.45) is 10.7 Å². The molecule has 0 unspecified atom stereocenters. The molecule has 1 saturated carbocycles. The highest BCUT2D eigenvalue weighted by molar-refractivity contribution is 9.10. The van der Waals surface area contributed by atoms with Gasteiger partial charge >= 0.3 is 0 Å². The molecule has 22 heavy (non-hydrogen) atoms. The first-order valence-corrected chi connectivity index (χ1v) is 9.22. The molecule has 1 atom stereocenters. The first-order chi connectivity index (χ1) is 10.1. The summed E-state index contributed by atoms with van der Waals surface area (Å²) in [7, 11) is -3.73. The van der Waals surface area contributed by atoms with Crippen molar-refractivity contribution in [3.63, 3.8) is 0 Å². The van der Waals surface area contributed by atoms with E-state index in [1.54, 1.807) is 0 Å². The molecule has 120 valence electrons. The van der Waals surface area contributed by atoms with Gasteiger partial charge in [0.2, 0.25) is 0 Å². The van der Waals surface area contributed by atoms with Crippen LogP contribution in [0.15, 0.2) is 27.7 Å². The van der Waals surface area contributed by atoms with Crippen LogP contribution in [0.4, 0.5) is 8.78 Å². The van der Waals surface area contributed by atoms with Crippen LogP contribution in [0.3, 0.4) is 0 Å².